The molecular formula is C13H19NO2. The molecule has 0 aliphatic rings. The fourth-order valence-electron chi connectivity index (χ4n) is 1.66. The first-order valence-corrected chi connectivity index (χ1v) is 5.39. The standard InChI is InChI=1S/C13H19NO2/c1-10(7-8-15)12-6-5-11(14(2)3)9-13(12)16-4/h5-6,8-10H,7H2,1-4H3/t10-/m1/s1. The number of ether oxygens (including phenoxy) is 1. The molecule has 0 amide bonds. The van der Waals surface area contributed by atoms with Gasteiger partial charge in [0, 0.05) is 32.3 Å². The molecule has 3 nitrogen and oxygen atoms in total. The van der Waals surface area contributed by atoms with Gasteiger partial charge in [-0.2, -0.15) is 0 Å². The Bertz CT molecular complexity index is 361. The number of rotatable bonds is 5. The second-order valence-electron chi connectivity index (χ2n) is 4.12. The molecule has 0 fully saturated rings. The van der Waals surface area contributed by atoms with E-state index in [9.17, 15) is 4.79 Å². The van der Waals surface area contributed by atoms with Gasteiger partial charge in [-0.25, -0.2) is 0 Å². The van der Waals surface area contributed by atoms with E-state index in [1.54, 1.807) is 7.11 Å². The van der Waals surface area contributed by atoms with Crippen molar-refractivity contribution in [3.05, 3.63) is 23.8 Å². The number of methoxy groups -OCH3 is 1. The Morgan fingerprint density at radius 2 is 2.12 bits per heavy atom. The molecule has 16 heavy (non-hydrogen) atoms. The summed E-state index contributed by atoms with van der Waals surface area (Å²) < 4.78 is 5.36. The van der Waals surface area contributed by atoms with Crippen LogP contribution in [0.1, 0.15) is 24.8 Å². The highest BCUT2D eigenvalue weighted by atomic mass is 16.5. The minimum atomic E-state index is 0.198. The maximum atomic E-state index is 10.5. The number of hydrogen-bond acceptors (Lipinski definition) is 3. The number of hydrogen-bond donors (Lipinski definition) is 0. The summed E-state index contributed by atoms with van der Waals surface area (Å²) in [5, 5.41) is 0. The Kier molecular flexibility index (Phi) is 4.35. The van der Waals surface area contributed by atoms with Gasteiger partial charge in [0.1, 0.15) is 12.0 Å². The van der Waals surface area contributed by atoms with Crippen LogP contribution in [0.15, 0.2) is 18.2 Å². The van der Waals surface area contributed by atoms with Gasteiger partial charge in [0.05, 0.1) is 7.11 Å². The molecule has 1 rings (SSSR count). The smallest absolute Gasteiger partial charge is 0.124 e. The summed E-state index contributed by atoms with van der Waals surface area (Å²) in [6.07, 6.45) is 1.47. The third kappa shape index (κ3) is 2.75. The number of anilines is 1. The molecule has 3 heteroatoms. The molecule has 0 radical (unpaired) electrons. The Morgan fingerprint density at radius 3 is 2.62 bits per heavy atom. The van der Waals surface area contributed by atoms with Crippen molar-refractivity contribution in [3.8, 4) is 5.75 Å². The van der Waals surface area contributed by atoms with Crippen LogP contribution in [0.2, 0.25) is 0 Å². The third-order valence-corrected chi connectivity index (χ3v) is 2.71. The van der Waals surface area contributed by atoms with E-state index in [-0.39, 0.29) is 5.92 Å². The van der Waals surface area contributed by atoms with Crippen LogP contribution in [0.5, 0.6) is 5.75 Å². The van der Waals surface area contributed by atoms with Crippen molar-refractivity contribution in [1.82, 2.24) is 0 Å². The summed E-state index contributed by atoms with van der Waals surface area (Å²) in [6, 6.07) is 6.07. The van der Waals surface area contributed by atoms with Crippen LogP contribution in [-0.2, 0) is 4.79 Å². The summed E-state index contributed by atoms with van der Waals surface area (Å²) in [5.74, 6) is 1.05. The number of nitrogens with zero attached hydrogens (tertiary/aromatic N) is 1. The van der Waals surface area contributed by atoms with Gasteiger partial charge in [-0.1, -0.05) is 13.0 Å². The molecule has 0 heterocycles. The normalized spacial score (nSPS) is 12.0. The highest BCUT2D eigenvalue weighted by molar-refractivity contribution is 5.56. The zero-order chi connectivity index (χ0) is 12.1. The first kappa shape index (κ1) is 12.6. The molecule has 0 aliphatic heterocycles. The van der Waals surface area contributed by atoms with Crippen molar-refractivity contribution >= 4 is 12.0 Å². The molecule has 88 valence electrons. The van der Waals surface area contributed by atoms with E-state index >= 15 is 0 Å². The summed E-state index contributed by atoms with van der Waals surface area (Å²) in [4.78, 5) is 12.5. The minimum Gasteiger partial charge on any atom is -0.496 e. The van der Waals surface area contributed by atoms with Gasteiger partial charge in [-0.05, 0) is 17.5 Å². The van der Waals surface area contributed by atoms with Crippen LogP contribution < -0.4 is 9.64 Å². The quantitative estimate of drug-likeness (QED) is 0.715. The second kappa shape index (κ2) is 5.54. The predicted octanol–water partition coefficient (Wildman–Crippen LogP) is 2.45. The molecule has 0 unspecified atom stereocenters. The largest absolute Gasteiger partial charge is 0.496 e. The van der Waals surface area contributed by atoms with E-state index in [1.165, 1.54) is 0 Å². The van der Waals surface area contributed by atoms with Gasteiger partial charge >= 0.3 is 0 Å². The van der Waals surface area contributed by atoms with E-state index in [1.807, 2.05) is 44.1 Å². The maximum Gasteiger partial charge on any atom is 0.124 e. The number of carbonyl (C=O) groups is 1. The van der Waals surface area contributed by atoms with E-state index < -0.39 is 0 Å². The lowest BCUT2D eigenvalue weighted by Gasteiger charge is -2.18. The molecule has 1 aromatic carbocycles. The number of aldehydes is 1. The van der Waals surface area contributed by atoms with Crippen LogP contribution in [0.3, 0.4) is 0 Å². The third-order valence-electron chi connectivity index (χ3n) is 2.71. The summed E-state index contributed by atoms with van der Waals surface area (Å²) in [5.41, 5.74) is 2.18. The first-order valence-electron chi connectivity index (χ1n) is 5.39. The molecule has 0 saturated heterocycles. The minimum absolute atomic E-state index is 0.198. The highest BCUT2D eigenvalue weighted by Crippen LogP contribution is 2.31. The molecule has 0 aliphatic carbocycles. The molecule has 0 spiro atoms. The van der Waals surface area contributed by atoms with Crippen molar-refractivity contribution in [3.63, 3.8) is 0 Å². The number of carbonyl (C=O) groups excluding carboxylic acids is 1. The molecule has 0 saturated carbocycles. The summed E-state index contributed by atoms with van der Waals surface area (Å²) in [7, 11) is 5.64. The van der Waals surface area contributed by atoms with Crippen molar-refractivity contribution in [2.45, 2.75) is 19.3 Å². The molecule has 1 atom stereocenters. The lowest BCUT2D eigenvalue weighted by atomic mass is 9.97. The van der Waals surface area contributed by atoms with Crippen LogP contribution in [0.25, 0.3) is 0 Å². The Hall–Kier alpha value is -1.51. The Morgan fingerprint density at radius 1 is 1.44 bits per heavy atom. The fraction of sp³-hybridized carbons (Fsp3) is 0.462. The Balaban J connectivity index is 3.06. The monoisotopic (exact) mass is 221 g/mol. The van der Waals surface area contributed by atoms with Crippen LogP contribution in [0, 0.1) is 0 Å². The van der Waals surface area contributed by atoms with Gasteiger partial charge in [-0.15, -0.1) is 0 Å². The molecule has 0 bridgehead atoms. The van der Waals surface area contributed by atoms with E-state index in [4.69, 9.17) is 4.74 Å². The average Bonchev–Trinajstić information content (AvgIpc) is 2.28. The van der Waals surface area contributed by atoms with E-state index in [0.29, 0.717) is 6.42 Å². The van der Waals surface area contributed by atoms with Crippen molar-refractivity contribution in [1.29, 1.82) is 0 Å². The van der Waals surface area contributed by atoms with E-state index in [0.717, 1.165) is 23.3 Å². The second-order valence-corrected chi connectivity index (χ2v) is 4.12. The van der Waals surface area contributed by atoms with Gasteiger partial charge in [0.25, 0.3) is 0 Å². The first-order chi connectivity index (χ1) is 7.60. The van der Waals surface area contributed by atoms with E-state index in [2.05, 4.69) is 0 Å². The molecule has 0 aromatic heterocycles. The predicted molar refractivity (Wildman–Crippen MR) is 66.4 cm³/mol. The number of benzene rings is 1. The zero-order valence-electron chi connectivity index (χ0n) is 10.4. The lowest BCUT2D eigenvalue weighted by Crippen LogP contribution is -2.09. The maximum absolute atomic E-state index is 10.5. The Labute approximate surface area is 97.0 Å². The summed E-state index contributed by atoms with van der Waals surface area (Å²) in [6.45, 7) is 2.03. The fourth-order valence-corrected chi connectivity index (χ4v) is 1.66. The SMILES string of the molecule is COc1cc(N(C)C)ccc1[C@H](C)CC=O. The van der Waals surface area contributed by atoms with Crippen molar-refractivity contribution in [2.24, 2.45) is 0 Å². The van der Waals surface area contributed by atoms with Gasteiger partial charge in [-0.3, -0.25) is 0 Å². The average molecular weight is 221 g/mol. The zero-order valence-corrected chi connectivity index (χ0v) is 10.4. The van der Waals surface area contributed by atoms with Crippen molar-refractivity contribution < 1.29 is 9.53 Å². The lowest BCUT2D eigenvalue weighted by molar-refractivity contribution is -0.108. The highest BCUT2D eigenvalue weighted by Gasteiger charge is 2.12. The van der Waals surface area contributed by atoms with Gasteiger partial charge < -0.3 is 14.4 Å². The molecular weight excluding hydrogens is 202 g/mol. The van der Waals surface area contributed by atoms with Crippen LogP contribution >= 0.6 is 0 Å². The van der Waals surface area contributed by atoms with Gasteiger partial charge in [0.2, 0.25) is 0 Å². The molecule has 1 aromatic rings. The topological polar surface area (TPSA) is 29.5 Å². The molecule has 0 N–H and O–H groups in total. The van der Waals surface area contributed by atoms with Crippen LogP contribution in [-0.4, -0.2) is 27.5 Å². The summed E-state index contributed by atoms with van der Waals surface area (Å²) >= 11 is 0. The van der Waals surface area contributed by atoms with Crippen molar-refractivity contribution in [2.75, 3.05) is 26.1 Å². The van der Waals surface area contributed by atoms with Crippen LogP contribution in [0.4, 0.5) is 5.69 Å². The van der Waals surface area contributed by atoms with Gasteiger partial charge in [0.15, 0.2) is 0 Å².